The summed E-state index contributed by atoms with van der Waals surface area (Å²) in [6.45, 7) is 4.97. The van der Waals surface area contributed by atoms with Gasteiger partial charge in [0.2, 0.25) is 0 Å². The molecule has 0 radical (unpaired) electrons. The molecule has 0 atom stereocenters. The topological polar surface area (TPSA) is 95.7 Å². The number of benzene rings is 1. The van der Waals surface area contributed by atoms with Gasteiger partial charge in [0.05, 0.1) is 22.8 Å². The van der Waals surface area contributed by atoms with Gasteiger partial charge in [0.25, 0.3) is 5.91 Å². The maximum absolute atomic E-state index is 12.6. The van der Waals surface area contributed by atoms with Gasteiger partial charge in [-0.3, -0.25) is 4.79 Å². The van der Waals surface area contributed by atoms with Crippen LogP contribution in [-0.2, 0) is 13.0 Å². The zero-order valence-corrected chi connectivity index (χ0v) is 15.0. The number of carbonyl (C=O) groups excluding carboxylic acids is 1. The number of carbonyl (C=O) groups is 2. The molecule has 1 aromatic heterocycles. The summed E-state index contributed by atoms with van der Waals surface area (Å²) in [5.41, 5.74) is 9.27. The standard InChI is InChI=1S/C18H21N3O3S/c1-10(2)11-3-4-13(19)14(7-11)20-17(22)15-8-12-5-6-21(18(23)24)9-16(12)25-15/h3-4,7-8,10H,5-6,9,19H2,1-2H3,(H,20,22)(H,23,24). The lowest BCUT2D eigenvalue weighted by Crippen LogP contribution is -2.33. The van der Waals surface area contributed by atoms with Crippen molar-refractivity contribution in [2.75, 3.05) is 17.6 Å². The molecule has 0 bridgehead atoms. The minimum absolute atomic E-state index is 0.214. The first-order valence-corrected chi connectivity index (χ1v) is 8.97. The van der Waals surface area contributed by atoms with Crippen molar-refractivity contribution in [1.82, 2.24) is 4.90 Å². The van der Waals surface area contributed by atoms with E-state index in [1.54, 1.807) is 6.07 Å². The molecule has 0 spiro atoms. The van der Waals surface area contributed by atoms with Crippen molar-refractivity contribution in [1.29, 1.82) is 0 Å². The van der Waals surface area contributed by atoms with Crippen molar-refractivity contribution < 1.29 is 14.7 Å². The lowest BCUT2D eigenvalue weighted by atomic mass is 10.0. The van der Waals surface area contributed by atoms with E-state index in [9.17, 15) is 9.59 Å². The number of fused-ring (bicyclic) bond motifs is 1. The van der Waals surface area contributed by atoms with E-state index in [0.717, 1.165) is 16.0 Å². The van der Waals surface area contributed by atoms with Gasteiger partial charge in [-0.1, -0.05) is 19.9 Å². The molecule has 6 nitrogen and oxygen atoms in total. The van der Waals surface area contributed by atoms with E-state index in [0.29, 0.717) is 41.7 Å². The summed E-state index contributed by atoms with van der Waals surface area (Å²) in [5, 5.41) is 12.0. The van der Waals surface area contributed by atoms with E-state index >= 15 is 0 Å². The Morgan fingerprint density at radius 1 is 1.32 bits per heavy atom. The van der Waals surface area contributed by atoms with Crippen LogP contribution in [0.5, 0.6) is 0 Å². The second kappa shape index (κ2) is 6.76. The van der Waals surface area contributed by atoms with Crippen LogP contribution < -0.4 is 11.1 Å². The molecule has 132 valence electrons. The number of hydrogen-bond acceptors (Lipinski definition) is 4. The second-order valence-corrected chi connectivity index (χ2v) is 7.61. The zero-order valence-electron chi connectivity index (χ0n) is 14.2. The fourth-order valence-electron chi connectivity index (χ4n) is 2.82. The lowest BCUT2D eigenvalue weighted by molar-refractivity contribution is 0.103. The van der Waals surface area contributed by atoms with E-state index in [2.05, 4.69) is 19.2 Å². The van der Waals surface area contributed by atoms with Crippen LogP contribution in [-0.4, -0.2) is 28.6 Å². The summed E-state index contributed by atoms with van der Waals surface area (Å²) >= 11 is 1.34. The molecule has 1 aliphatic rings. The van der Waals surface area contributed by atoms with Gasteiger partial charge in [-0.25, -0.2) is 4.79 Å². The number of nitrogens with zero attached hydrogens (tertiary/aromatic N) is 1. The predicted molar refractivity (Wildman–Crippen MR) is 99.4 cm³/mol. The predicted octanol–water partition coefficient (Wildman–Crippen LogP) is 3.74. The van der Waals surface area contributed by atoms with E-state index in [4.69, 9.17) is 10.8 Å². The smallest absolute Gasteiger partial charge is 0.407 e. The summed E-state index contributed by atoms with van der Waals surface area (Å²) in [7, 11) is 0. The molecule has 0 fully saturated rings. The summed E-state index contributed by atoms with van der Waals surface area (Å²) in [6.07, 6.45) is -0.292. The Kier molecular flexibility index (Phi) is 4.67. The van der Waals surface area contributed by atoms with E-state index in [1.165, 1.54) is 16.2 Å². The molecule has 2 heterocycles. The maximum atomic E-state index is 12.6. The Morgan fingerprint density at radius 3 is 2.76 bits per heavy atom. The molecule has 1 aliphatic heterocycles. The Bertz CT molecular complexity index is 829. The average Bonchev–Trinajstić information content (AvgIpc) is 2.99. The van der Waals surface area contributed by atoms with Crippen LogP contribution in [0.2, 0.25) is 0 Å². The number of anilines is 2. The number of carboxylic acid groups (broad SMARTS) is 1. The SMILES string of the molecule is CC(C)c1ccc(N)c(NC(=O)c2cc3c(s2)CN(C(=O)O)CC3)c1. The third-order valence-corrected chi connectivity index (χ3v) is 5.53. The van der Waals surface area contributed by atoms with Crippen molar-refractivity contribution in [2.45, 2.75) is 32.7 Å². The fourth-order valence-corrected chi connectivity index (χ4v) is 3.94. The van der Waals surface area contributed by atoms with Gasteiger partial charge in [-0.05, 0) is 41.7 Å². The number of hydrogen-bond donors (Lipinski definition) is 3. The number of nitrogen functional groups attached to an aromatic ring is 1. The van der Waals surface area contributed by atoms with Gasteiger partial charge in [-0.2, -0.15) is 0 Å². The highest BCUT2D eigenvalue weighted by atomic mass is 32.1. The first kappa shape index (κ1) is 17.3. The molecule has 25 heavy (non-hydrogen) atoms. The number of nitrogens with two attached hydrogens (primary N) is 1. The molecule has 0 aliphatic carbocycles. The zero-order chi connectivity index (χ0) is 18.1. The molecule has 3 rings (SSSR count). The molecule has 0 unspecified atom stereocenters. The van der Waals surface area contributed by atoms with Crippen LogP contribution in [0.4, 0.5) is 16.2 Å². The normalized spacial score (nSPS) is 13.6. The van der Waals surface area contributed by atoms with Gasteiger partial charge in [-0.15, -0.1) is 11.3 Å². The summed E-state index contributed by atoms with van der Waals surface area (Å²) in [4.78, 5) is 26.6. The summed E-state index contributed by atoms with van der Waals surface area (Å²) in [5.74, 6) is 0.126. The van der Waals surface area contributed by atoms with Crippen LogP contribution in [0, 0.1) is 0 Å². The largest absolute Gasteiger partial charge is 0.465 e. The Morgan fingerprint density at radius 2 is 2.08 bits per heavy atom. The van der Waals surface area contributed by atoms with Crippen molar-refractivity contribution in [3.63, 3.8) is 0 Å². The molecule has 1 aromatic carbocycles. The monoisotopic (exact) mass is 359 g/mol. The third kappa shape index (κ3) is 3.61. The molecule has 4 N–H and O–H groups in total. The quantitative estimate of drug-likeness (QED) is 0.727. The lowest BCUT2D eigenvalue weighted by Gasteiger charge is -2.23. The highest BCUT2D eigenvalue weighted by Crippen LogP contribution is 2.30. The van der Waals surface area contributed by atoms with Crippen molar-refractivity contribution >= 4 is 34.7 Å². The minimum atomic E-state index is -0.927. The first-order valence-electron chi connectivity index (χ1n) is 8.15. The Hall–Kier alpha value is -2.54. The van der Waals surface area contributed by atoms with Gasteiger partial charge in [0.15, 0.2) is 0 Å². The molecular weight excluding hydrogens is 338 g/mol. The Balaban J connectivity index is 1.79. The van der Waals surface area contributed by atoms with Crippen molar-refractivity contribution in [3.8, 4) is 0 Å². The van der Waals surface area contributed by atoms with E-state index < -0.39 is 6.09 Å². The first-order chi connectivity index (χ1) is 11.8. The van der Waals surface area contributed by atoms with Crippen LogP contribution in [0.1, 0.15) is 45.4 Å². The number of rotatable bonds is 3. The number of nitrogens with one attached hydrogen (secondary N) is 1. The van der Waals surface area contributed by atoms with Crippen molar-refractivity contribution in [2.24, 2.45) is 0 Å². The van der Waals surface area contributed by atoms with E-state index in [1.807, 2.05) is 18.2 Å². The average molecular weight is 359 g/mol. The molecular formula is C18H21N3O3S. The molecule has 2 aromatic rings. The molecule has 2 amide bonds. The minimum Gasteiger partial charge on any atom is -0.465 e. The summed E-state index contributed by atoms with van der Waals surface area (Å²) < 4.78 is 0. The maximum Gasteiger partial charge on any atom is 0.407 e. The molecule has 0 saturated carbocycles. The van der Waals surface area contributed by atoms with Gasteiger partial charge >= 0.3 is 6.09 Å². The van der Waals surface area contributed by atoms with Gasteiger partial charge < -0.3 is 21.1 Å². The van der Waals surface area contributed by atoms with Crippen LogP contribution in [0.3, 0.4) is 0 Å². The number of thiophene rings is 1. The number of amides is 2. The van der Waals surface area contributed by atoms with Crippen LogP contribution in [0.25, 0.3) is 0 Å². The van der Waals surface area contributed by atoms with Crippen molar-refractivity contribution in [3.05, 3.63) is 45.1 Å². The van der Waals surface area contributed by atoms with Gasteiger partial charge in [0.1, 0.15) is 0 Å². The third-order valence-electron chi connectivity index (χ3n) is 4.37. The fraction of sp³-hybridized carbons (Fsp3) is 0.333. The van der Waals surface area contributed by atoms with Crippen LogP contribution >= 0.6 is 11.3 Å². The summed E-state index contributed by atoms with van der Waals surface area (Å²) in [6, 6.07) is 7.52. The molecule has 0 saturated heterocycles. The second-order valence-electron chi connectivity index (χ2n) is 6.47. The van der Waals surface area contributed by atoms with Gasteiger partial charge in [0, 0.05) is 11.4 Å². The molecule has 7 heteroatoms. The highest BCUT2D eigenvalue weighted by molar-refractivity contribution is 7.14. The Labute approximate surface area is 150 Å². The highest BCUT2D eigenvalue weighted by Gasteiger charge is 2.24. The van der Waals surface area contributed by atoms with E-state index in [-0.39, 0.29) is 5.91 Å². The van der Waals surface area contributed by atoms with Crippen LogP contribution in [0.15, 0.2) is 24.3 Å².